The van der Waals surface area contributed by atoms with Gasteiger partial charge in [0, 0.05) is 18.0 Å². The number of hydrogen-bond donors (Lipinski definition) is 0. The molecule has 3 atom stereocenters. The molecule has 0 saturated heterocycles. The van der Waals surface area contributed by atoms with Crippen LogP contribution in [0.5, 0.6) is 0 Å². The molecule has 0 heterocycles. The van der Waals surface area contributed by atoms with Gasteiger partial charge in [0.15, 0.2) is 0 Å². The molecule has 2 nitrogen and oxygen atoms in total. The molecule has 3 heteroatoms. The van der Waals surface area contributed by atoms with Gasteiger partial charge in [-0.25, -0.2) is 0 Å². The van der Waals surface area contributed by atoms with Crippen LogP contribution in [0.3, 0.4) is 0 Å². The molecule has 0 aromatic heterocycles. The monoisotopic (exact) mass is 278 g/mol. The van der Waals surface area contributed by atoms with E-state index in [0.717, 1.165) is 26.1 Å². The van der Waals surface area contributed by atoms with E-state index in [1.165, 1.54) is 19.3 Å². The predicted molar refractivity (Wildman–Crippen MR) is 66.6 cm³/mol. The van der Waals surface area contributed by atoms with Crippen molar-refractivity contribution < 1.29 is 9.47 Å². The standard InChI is InChI=1S/C12H23BrO2/c1-3-5-6-8-14-11-9-10(13)12(11)15-7-4-2/h10-12H,3-9H2,1-2H3. The third kappa shape index (κ3) is 4.41. The van der Waals surface area contributed by atoms with Crippen molar-refractivity contribution in [2.75, 3.05) is 13.2 Å². The lowest BCUT2D eigenvalue weighted by Gasteiger charge is -2.40. The highest BCUT2D eigenvalue weighted by Crippen LogP contribution is 2.33. The van der Waals surface area contributed by atoms with E-state index in [1.54, 1.807) is 0 Å². The van der Waals surface area contributed by atoms with Crippen LogP contribution < -0.4 is 0 Å². The summed E-state index contributed by atoms with van der Waals surface area (Å²) in [5.74, 6) is 0. The van der Waals surface area contributed by atoms with Crippen LogP contribution >= 0.6 is 15.9 Å². The second kappa shape index (κ2) is 7.64. The molecule has 0 radical (unpaired) electrons. The first-order chi connectivity index (χ1) is 7.29. The van der Waals surface area contributed by atoms with Crippen molar-refractivity contribution in [3.05, 3.63) is 0 Å². The Bertz CT molecular complexity index is 164. The highest BCUT2D eigenvalue weighted by Gasteiger charge is 2.40. The van der Waals surface area contributed by atoms with Gasteiger partial charge in [-0.05, 0) is 19.3 Å². The highest BCUT2D eigenvalue weighted by molar-refractivity contribution is 9.09. The summed E-state index contributed by atoms with van der Waals surface area (Å²) in [5, 5.41) is 0. The van der Waals surface area contributed by atoms with Gasteiger partial charge in [-0.3, -0.25) is 0 Å². The number of unbranched alkanes of at least 4 members (excludes halogenated alkanes) is 2. The molecule has 0 N–H and O–H groups in total. The average Bonchev–Trinajstić information content (AvgIpc) is 2.23. The molecule has 1 aliphatic carbocycles. The van der Waals surface area contributed by atoms with Crippen LogP contribution in [0.25, 0.3) is 0 Å². The van der Waals surface area contributed by atoms with Crippen LogP contribution in [-0.2, 0) is 9.47 Å². The fourth-order valence-electron chi connectivity index (χ4n) is 1.74. The minimum atomic E-state index is 0.284. The van der Waals surface area contributed by atoms with E-state index >= 15 is 0 Å². The van der Waals surface area contributed by atoms with Gasteiger partial charge in [0.2, 0.25) is 0 Å². The Kier molecular flexibility index (Phi) is 6.86. The number of alkyl halides is 1. The van der Waals surface area contributed by atoms with Gasteiger partial charge in [0.25, 0.3) is 0 Å². The van der Waals surface area contributed by atoms with Crippen molar-refractivity contribution in [1.82, 2.24) is 0 Å². The van der Waals surface area contributed by atoms with Gasteiger partial charge in [0.1, 0.15) is 0 Å². The van der Waals surface area contributed by atoms with E-state index in [4.69, 9.17) is 9.47 Å². The van der Waals surface area contributed by atoms with Crippen LogP contribution in [0.15, 0.2) is 0 Å². The highest BCUT2D eigenvalue weighted by atomic mass is 79.9. The number of hydrogen-bond acceptors (Lipinski definition) is 2. The topological polar surface area (TPSA) is 18.5 Å². The SMILES string of the molecule is CCCCCOC1CC(Br)C1OCCC. The maximum atomic E-state index is 5.81. The quantitative estimate of drug-likeness (QED) is 0.500. The first-order valence-corrected chi connectivity index (χ1v) is 7.08. The van der Waals surface area contributed by atoms with E-state index in [2.05, 4.69) is 29.8 Å². The van der Waals surface area contributed by atoms with Crippen molar-refractivity contribution in [3.63, 3.8) is 0 Å². The largest absolute Gasteiger partial charge is 0.375 e. The van der Waals surface area contributed by atoms with Crippen molar-refractivity contribution in [1.29, 1.82) is 0 Å². The third-order valence-corrected chi connectivity index (χ3v) is 3.67. The van der Waals surface area contributed by atoms with Crippen LogP contribution in [0.1, 0.15) is 46.0 Å². The number of ether oxygens (including phenoxy) is 2. The summed E-state index contributed by atoms with van der Waals surface area (Å²) in [4.78, 5) is 0.500. The molecule has 0 amide bonds. The second-order valence-corrected chi connectivity index (χ2v) is 5.38. The lowest BCUT2D eigenvalue weighted by molar-refractivity contribution is -0.121. The molecule has 1 rings (SSSR count). The molecule has 0 aromatic rings. The van der Waals surface area contributed by atoms with Gasteiger partial charge < -0.3 is 9.47 Å². The summed E-state index contributed by atoms with van der Waals surface area (Å²) in [7, 11) is 0. The van der Waals surface area contributed by atoms with E-state index < -0.39 is 0 Å². The Morgan fingerprint density at radius 2 is 1.87 bits per heavy atom. The summed E-state index contributed by atoms with van der Waals surface area (Å²) in [6.07, 6.45) is 6.50. The molecular weight excluding hydrogens is 256 g/mol. The predicted octanol–water partition coefficient (Wildman–Crippen LogP) is 3.52. The smallest absolute Gasteiger partial charge is 0.0962 e. The summed E-state index contributed by atoms with van der Waals surface area (Å²) < 4.78 is 11.5. The summed E-state index contributed by atoms with van der Waals surface area (Å²) >= 11 is 3.61. The zero-order valence-corrected chi connectivity index (χ0v) is 11.5. The van der Waals surface area contributed by atoms with Gasteiger partial charge in [-0.15, -0.1) is 0 Å². The Hall–Kier alpha value is 0.400. The number of rotatable bonds is 8. The minimum Gasteiger partial charge on any atom is -0.375 e. The fourth-order valence-corrected chi connectivity index (χ4v) is 2.60. The molecule has 0 spiro atoms. The molecule has 0 bridgehead atoms. The van der Waals surface area contributed by atoms with Crippen LogP contribution in [-0.4, -0.2) is 30.2 Å². The summed E-state index contributed by atoms with van der Waals surface area (Å²) in [5.41, 5.74) is 0. The summed E-state index contributed by atoms with van der Waals surface area (Å²) in [6, 6.07) is 0. The lowest BCUT2D eigenvalue weighted by atomic mass is 9.91. The zero-order chi connectivity index (χ0) is 11.1. The Labute approximate surface area is 102 Å². The van der Waals surface area contributed by atoms with E-state index in [9.17, 15) is 0 Å². The van der Waals surface area contributed by atoms with E-state index in [-0.39, 0.29) is 6.10 Å². The fraction of sp³-hybridized carbons (Fsp3) is 1.00. The Morgan fingerprint density at radius 3 is 2.47 bits per heavy atom. The van der Waals surface area contributed by atoms with Gasteiger partial charge in [-0.2, -0.15) is 0 Å². The van der Waals surface area contributed by atoms with Crippen molar-refractivity contribution in [2.45, 2.75) is 63.0 Å². The van der Waals surface area contributed by atoms with Gasteiger partial charge in [0.05, 0.1) is 12.2 Å². The maximum Gasteiger partial charge on any atom is 0.0962 e. The second-order valence-electron chi connectivity index (χ2n) is 4.20. The molecule has 0 aliphatic heterocycles. The zero-order valence-electron chi connectivity index (χ0n) is 9.88. The normalized spacial score (nSPS) is 30.2. The first-order valence-electron chi connectivity index (χ1n) is 6.16. The molecule has 1 saturated carbocycles. The molecule has 90 valence electrons. The molecule has 1 aliphatic rings. The molecule has 0 aromatic carbocycles. The van der Waals surface area contributed by atoms with Crippen LogP contribution in [0, 0.1) is 0 Å². The van der Waals surface area contributed by atoms with E-state index in [0.29, 0.717) is 10.9 Å². The Balaban J connectivity index is 2.08. The van der Waals surface area contributed by atoms with Crippen molar-refractivity contribution in [2.24, 2.45) is 0 Å². The van der Waals surface area contributed by atoms with E-state index in [1.807, 2.05) is 0 Å². The van der Waals surface area contributed by atoms with Crippen LogP contribution in [0.4, 0.5) is 0 Å². The first kappa shape index (κ1) is 13.5. The Morgan fingerprint density at radius 1 is 1.07 bits per heavy atom. The third-order valence-electron chi connectivity index (χ3n) is 2.77. The van der Waals surface area contributed by atoms with Crippen LogP contribution in [0.2, 0.25) is 0 Å². The molecule has 3 unspecified atom stereocenters. The van der Waals surface area contributed by atoms with Crippen molar-refractivity contribution in [3.8, 4) is 0 Å². The number of halogens is 1. The molecule has 1 fully saturated rings. The molecule has 15 heavy (non-hydrogen) atoms. The summed E-state index contributed by atoms with van der Waals surface area (Å²) in [6.45, 7) is 6.09. The van der Waals surface area contributed by atoms with Crippen molar-refractivity contribution >= 4 is 15.9 Å². The average molecular weight is 279 g/mol. The maximum absolute atomic E-state index is 5.81. The van der Waals surface area contributed by atoms with Gasteiger partial charge >= 0.3 is 0 Å². The minimum absolute atomic E-state index is 0.284. The van der Waals surface area contributed by atoms with Gasteiger partial charge in [-0.1, -0.05) is 42.6 Å². The lowest BCUT2D eigenvalue weighted by Crippen LogP contribution is -2.50. The molecular formula is C12H23BrO2.